The third-order valence-corrected chi connectivity index (χ3v) is 6.38. The summed E-state index contributed by atoms with van der Waals surface area (Å²) in [5, 5.41) is 12.1. The predicted octanol–water partition coefficient (Wildman–Crippen LogP) is 5.88. The van der Waals surface area contributed by atoms with Crippen molar-refractivity contribution in [3.05, 3.63) is 88.2 Å². The second-order valence-corrected chi connectivity index (χ2v) is 8.86. The Morgan fingerprint density at radius 2 is 1.82 bits per heavy atom. The number of carbonyl (C=O) groups is 2. The predicted molar refractivity (Wildman–Crippen MR) is 137 cm³/mol. The van der Waals surface area contributed by atoms with Crippen LogP contribution in [0.2, 0.25) is 0 Å². The highest BCUT2D eigenvalue weighted by atomic mass is 32.2. The number of rotatable bonds is 7. The number of amides is 1. The number of thioether (sulfide) groups is 1. The van der Waals surface area contributed by atoms with Gasteiger partial charge >= 0.3 is 5.97 Å². The van der Waals surface area contributed by atoms with Crippen molar-refractivity contribution in [2.24, 2.45) is 4.99 Å². The van der Waals surface area contributed by atoms with Gasteiger partial charge in [0.1, 0.15) is 16.4 Å². The van der Waals surface area contributed by atoms with Crippen molar-refractivity contribution < 1.29 is 19.4 Å². The molecule has 0 atom stereocenters. The molecule has 1 N–H and O–H groups in total. The molecule has 0 bridgehead atoms. The Bertz CT molecular complexity index is 1320. The smallest absolute Gasteiger partial charge is 0.344 e. The molecule has 2 heterocycles. The second-order valence-electron chi connectivity index (χ2n) is 7.83. The zero-order valence-electron chi connectivity index (χ0n) is 19.2. The summed E-state index contributed by atoms with van der Waals surface area (Å²) in [7, 11) is 0. The van der Waals surface area contributed by atoms with E-state index in [0.29, 0.717) is 17.9 Å². The first-order valence-corrected chi connectivity index (χ1v) is 12.1. The molecule has 4 rings (SSSR count). The van der Waals surface area contributed by atoms with Gasteiger partial charge in [-0.15, -0.1) is 0 Å². The van der Waals surface area contributed by atoms with Gasteiger partial charge in [-0.05, 0) is 31.1 Å². The van der Waals surface area contributed by atoms with Crippen LogP contribution in [0, 0.1) is 0 Å². The number of aromatic nitrogens is 1. The van der Waals surface area contributed by atoms with Crippen LogP contribution in [-0.4, -0.2) is 33.2 Å². The van der Waals surface area contributed by atoms with E-state index in [1.807, 2.05) is 55.6 Å². The van der Waals surface area contributed by atoms with Gasteiger partial charge in [0, 0.05) is 35.6 Å². The van der Waals surface area contributed by atoms with Gasteiger partial charge in [-0.2, -0.15) is 0 Å². The number of hydrogen-bond donors (Lipinski definition) is 1. The Kier molecular flexibility index (Phi) is 7.33. The number of esters is 1. The largest absolute Gasteiger partial charge is 0.506 e. The summed E-state index contributed by atoms with van der Waals surface area (Å²) in [5.41, 5.74) is 3.07. The molecular formula is C27H26N2O4S. The van der Waals surface area contributed by atoms with Gasteiger partial charge < -0.3 is 14.4 Å². The molecule has 7 heteroatoms. The summed E-state index contributed by atoms with van der Waals surface area (Å²) in [6, 6.07) is 18.2. The van der Waals surface area contributed by atoms with Gasteiger partial charge in [0.15, 0.2) is 0 Å². The van der Waals surface area contributed by atoms with Crippen molar-refractivity contribution in [1.82, 2.24) is 4.57 Å². The average molecular weight is 475 g/mol. The number of aliphatic imine (C=N–C) groups is 1. The number of carbonyl (C=O) groups excluding carboxylic acids is 2. The topological polar surface area (TPSA) is 80.9 Å². The van der Waals surface area contributed by atoms with E-state index in [2.05, 4.69) is 27.8 Å². The number of ether oxygens (including phenoxy) is 1. The molecule has 0 spiro atoms. The van der Waals surface area contributed by atoms with Crippen LogP contribution in [0.25, 0.3) is 17.0 Å². The molecule has 0 unspecified atom stereocenters. The van der Waals surface area contributed by atoms with E-state index in [9.17, 15) is 14.7 Å². The molecule has 0 saturated heterocycles. The summed E-state index contributed by atoms with van der Waals surface area (Å²) in [6.07, 6.45) is 4.77. The fourth-order valence-electron chi connectivity index (χ4n) is 3.82. The van der Waals surface area contributed by atoms with Gasteiger partial charge in [-0.25, -0.2) is 9.79 Å². The van der Waals surface area contributed by atoms with Crippen LogP contribution >= 0.6 is 11.8 Å². The molecule has 2 aromatic carbocycles. The van der Waals surface area contributed by atoms with E-state index in [0.717, 1.165) is 28.2 Å². The highest BCUT2D eigenvalue weighted by Crippen LogP contribution is 2.40. The highest BCUT2D eigenvalue weighted by Gasteiger charge is 2.34. The average Bonchev–Trinajstić information content (AvgIpc) is 3.32. The van der Waals surface area contributed by atoms with E-state index in [-0.39, 0.29) is 35.3 Å². The summed E-state index contributed by atoms with van der Waals surface area (Å²) < 4.78 is 7.27. The molecule has 0 aliphatic carbocycles. The second kappa shape index (κ2) is 10.6. The lowest BCUT2D eigenvalue weighted by atomic mass is 10.1. The van der Waals surface area contributed by atoms with E-state index in [1.165, 1.54) is 5.56 Å². The molecule has 0 fully saturated rings. The maximum absolute atomic E-state index is 12.5. The summed E-state index contributed by atoms with van der Waals surface area (Å²) in [5.74, 6) is -1.24. The van der Waals surface area contributed by atoms with Crippen LogP contribution in [0.3, 0.4) is 0 Å². The Morgan fingerprint density at radius 1 is 1.09 bits per heavy atom. The van der Waals surface area contributed by atoms with E-state index in [4.69, 9.17) is 4.74 Å². The van der Waals surface area contributed by atoms with E-state index < -0.39 is 5.97 Å². The first-order chi connectivity index (χ1) is 16.5. The summed E-state index contributed by atoms with van der Waals surface area (Å²) in [4.78, 5) is 29.3. The number of para-hydroxylation sites is 1. The first-order valence-electron chi connectivity index (χ1n) is 11.3. The number of hydrogen-bond acceptors (Lipinski definition) is 5. The molecule has 3 aromatic rings. The quantitative estimate of drug-likeness (QED) is 0.433. The van der Waals surface area contributed by atoms with Crippen LogP contribution in [0.5, 0.6) is 0 Å². The zero-order valence-corrected chi connectivity index (χ0v) is 20.0. The minimum Gasteiger partial charge on any atom is -0.506 e. The van der Waals surface area contributed by atoms with Crippen molar-refractivity contribution in [2.75, 3.05) is 6.61 Å². The third-order valence-electron chi connectivity index (χ3n) is 5.36. The minimum absolute atomic E-state index is 0.0597. The fourth-order valence-corrected chi connectivity index (χ4v) is 4.84. The molecule has 1 amide bonds. The maximum atomic E-state index is 12.5. The molecule has 1 aromatic heterocycles. The number of benzene rings is 2. The zero-order chi connectivity index (χ0) is 24.1. The molecule has 1 aliphatic heterocycles. The van der Waals surface area contributed by atoms with Gasteiger partial charge in [-0.3, -0.25) is 4.79 Å². The van der Waals surface area contributed by atoms with Gasteiger partial charge in [0.25, 0.3) is 0 Å². The monoisotopic (exact) mass is 474 g/mol. The van der Waals surface area contributed by atoms with Crippen molar-refractivity contribution in [3.63, 3.8) is 0 Å². The molecule has 6 nitrogen and oxygen atoms in total. The number of aliphatic hydroxyl groups excluding tert-OH is 1. The minimum atomic E-state index is -0.689. The van der Waals surface area contributed by atoms with Crippen LogP contribution in [0.15, 0.2) is 82.0 Å². The number of fused-ring (bicyclic) bond motifs is 1. The lowest BCUT2D eigenvalue weighted by Crippen LogP contribution is -2.14. The lowest BCUT2D eigenvalue weighted by Gasteiger charge is -2.05. The molecule has 0 radical (unpaired) electrons. The Labute approximate surface area is 202 Å². The Balaban J connectivity index is 1.76. The Morgan fingerprint density at radius 3 is 2.56 bits per heavy atom. The first kappa shape index (κ1) is 23.6. The third kappa shape index (κ3) is 4.99. The standard InChI is InChI=1S/C27H26N2O4S/c1-3-10-23(30)28-26-24(27(32)33-4-2)25(31)22(34-26)15-19-17-29(16-18-11-6-5-7-12-18)21-14-9-8-13-20(19)21/h5-9,11-15,17,31H,3-4,10,16H2,1-2H3/b22-15-,28-26?. The molecule has 1 aliphatic rings. The number of nitrogens with zero attached hydrogens (tertiary/aromatic N) is 2. The molecule has 174 valence electrons. The molecule has 0 saturated carbocycles. The Hall–Kier alpha value is -3.58. The SMILES string of the molecule is CCCC(=O)N=C1S/C(=C\c2cn(Cc3ccccc3)c3ccccc23)C(O)=C1C(=O)OCC. The van der Waals surface area contributed by atoms with Crippen LogP contribution in [0.4, 0.5) is 0 Å². The van der Waals surface area contributed by atoms with Crippen molar-refractivity contribution in [3.8, 4) is 0 Å². The molecule has 34 heavy (non-hydrogen) atoms. The maximum Gasteiger partial charge on any atom is 0.344 e. The highest BCUT2D eigenvalue weighted by molar-refractivity contribution is 8.18. The number of aliphatic hydroxyl groups is 1. The molecular weight excluding hydrogens is 448 g/mol. The van der Waals surface area contributed by atoms with E-state index >= 15 is 0 Å². The van der Waals surface area contributed by atoms with Gasteiger partial charge in [0.05, 0.1) is 11.5 Å². The summed E-state index contributed by atoms with van der Waals surface area (Å²) >= 11 is 1.11. The van der Waals surface area contributed by atoms with Crippen LogP contribution < -0.4 is 0 Å². The van der Waals surface area contributed by atoms with Gasteiger partial charge in [-0.1, -0.05) is 67.2 Å². The van der Waals surface area contributed by atoms with Crippen LogP contribution in [-0.2, 0) is 20.9 Å². The summed E-state index contributed by atoms with van der Waals surface area (Å²) in [6.45, 7) is 4.43. The van der Waals surface area contributed by atoms with Crippen LogP contribution in [0.1, 0.15) is 37.8 Å². The lowest BCUT2D eigenvalue weighted by molar-refractivity contribution is -0.138. The van der Waals surface area contributed by atoms with Crippen molar-refractivity contribution in [1.29, 1.82) is 0 Å². The fraction of sp³-hybridized carbons (Fsp3) is 0.222. The van der Waals surface area contributed by atoms with Crippen molar-refractivity contribution in [2.45, 2.75) is 33.2 Å². The van der Waals surface area contributed by atoms with E-state index in [1.54, 1.807) is 6.92 Å². The van der Waals surface area contributed by atoms with Gasteiger partial charge in [0.2, 0.25) is 5.91 Å². The van der Waals surface area contributed by atoms with Crippen molar-refractivity contribution >= 4 is 45.7 Å². The normalized spacial score (nSPS) is 16.1.